The van der Waals surface area contributed by atoms with E-state index < -0.39 is 47.4 Å². The van der Waals surface area contributed by atoms with E-state index in [0.717, 1.165) is 0 Å². The Morgan fingerprint density at radius 2 is 1.91 bits per heavy atom. The molecule has 0 saturated carbocycles. The maximum absolute atomic E-state index is 12.2. The van der Waals surface area contributed by atoms with Crippen LogP contribution in [0.1, 0.15) is 6.93 Å². The Bertz CT molecular complexity index is 619. The quantitative estimate of drug-likeness (QED) is 0.478. The van der Waals surface area contributed by atoms with Crippen LogP contribution in [0.15, 0.2) is 29.2 Å². The predicted octanol–water partition coefficient (Wildman–Crippen LogP) is -1.50. The van der Waals surface area contributed by atoms with Gasteiger partial charge in [0, 0.05) is 1.37 Å². The first kappa shape index (κ1) is 15.8. The minimum atomic E-state index is -4.27. The van der Waals surface area contributed by atoms with Crippen LogP contribution < -0.4 is 0 Å². The molecule has 1 aromatic rings. The second-order valence-corrected chi connectivity index (χ2v) is 6.46. The Hall–Kier alpha value is -1.07. The van der Waals surface area contributed by atoms with E-state index >= 15 is 0 Å². The molecule has 9 heteroatoms. The van der Waals surface area contributed by atoms with Crippen molar-refractivity contribution in [2.75, 3.05) is 6.61 Å². The van der Waals surface area contributed by atoms with Gasteiger partial charge in [-0.15, -0.1) is 0 Å². The minimum absolute atomic E-state index is 0.00165. The van der Waals surface area contributed by atoms with Gasteiger partial charge in [-0.25, -0.2) is 0 Å². The molecule has 5 atom stereocenters. The monoisotopic (exact) mass is 335 g/mol. The summed E-state index contributed by atoms with van der Waals surface area (Å²) in [7, 11) is -4.27. The van der Waals surface area contributed by atoms with Crippen LogP contribution in [-0.4, -0.2) is 66.2 Å². The average molecular weight is 335 g/mol. The normalized spacial score (nSPS) is 31.0. The van der Waals surface area contributed by atoms with Crippen LogP contribution in [0.4, 0.5) is 0 Å². The van der Waals surface area contributed by atoms with Crippen molar-refractivity contribution < 1.29 is 39.1 Å². The van der Waals surface area contributed by atoms with E-state index in [1.54, 1.807) is 0 Å². The highest BCUT2D eigenvalue weighted by molar-refractivity contribution is 7.86. The molecular weight excluding hydrogens is 316 g/mol. The van der Waals surface area contributed by atoms with Crippen molar-refractivity contribution in [1.82, 2.24) is 0 Å². The highest BCUT2D eigenvalue weighted by atomic mass is 32.2. The molecule has 1 fully saturated rings. The zero-order valence-electron chi connectivity index (χ0n) is 12.4. The Morgan fingerprint density at radius 3 is 2.36 bits per heavy atom. The number of benzene rings is 1. The van der Waals surface area contributed by atoms with Gasteiger partial charge in [-0.3, -0.25) is 4.18 Å². The molecule has 1 aromatic carbocycles. The standard InChI is InChI=1S/C13H18O8S/c1-7-2-4-8(5-3-7)22(18,19)21-9(6-14)12-10(15)11(16)13(17)20-12/h2-5,9-17H,6H2,1H3/t9-,10-,11-,12-,13?/m1/s1/i1D. The van der Waals surface area contributed by atoms with Crippen molar-refractivity contribution >= 4 is 10.1 Å². The van der Waals surface area contributed by atoms with E-state index in [0.29, 0.717) is 5.56 Å². The summed E-state index contributed by atoms with van der Waals surface area (Å²) in [6.07, 6.45) is -7.85. The van der Waals surface area contributed by atoms with Gasteiger partial charge in [-0.05, 0) is 19.0 Å². The van der Waals surface area contributed by atoms with E-state index in [-0.39, 0.29) is 11.8 Å². The summed E-state index contributed by atoms with van der Waals surface area (Å²) in [4.78, 5) is -0.193. The van der Waals surface area contributed by atoms with Crippen molar-refractivity contribution in [3.8, 4) is 0 Å². The molecule has 2 rings (SSSR count). The van der Waals surface area contributed by atoms with E-state index in [4.69, 9.17) is 10.3 Å². The molecule has 0 spiro atoms. The van der Waals surface area contributed by atoms with E-state index in [2.05, 4.69) is 0 Å². The maximum atomic E-state index is 12.2. The third-order valence-corrected chi connectivity index (χ3v) is 4.63. The zero-order chi connectivity index (χ0) is 17.2. The highest BCUT2D eigenvalue weighted by Gasteiger charge is 2.47. The van der Waals surface area contributed by atoms with Crippen molar-refractivity contribution in [2.45, 2.75) is 42.5 Å². The number of ether oxygens (including phenoxy) is 1. The van der Waals surface area contributed by atoms with Gasteiger partial charge in [0.2, 0.25) is 0 Å². The smallest absolute Gasteiger partial charge is 0.297 e. The van der Waals surface area contributed by atoms with Crippen LogP contribution >= 0.6 is 0 Å². The number of aliphatic hydroxyl groups excluding tert-OH is 4. The van der Waals surface area contributed by atoms with E-state index in [1.807, 2.05) is 0 Å². The summed E-state index contributed by atoms with van der Waals surface area (Å²) in [5, 5.41) is 37.8. The van der Waals surface area contributed by atoms with Crippen LogP contribution in [0.25, 0.3) is 0 Å². The van der Waals surface area contributed by atoms with Crippen LogP contribution in [0, 0.1) is 6.90 Å². The second-order valence-electron chi connectivity index (χ2n) is 4.89. The molecule has 1 heterocycles. The number of hydrogen-bond acceptors (Lipinski definition) is 8. The average Bonchev–Trinajstić information content (AvgIpc) is 2.80. The molecule has 0 amide bonds. The lowest BCUT2D eigenvalue weighted by molar-refractivity contribution is -0.146. The van der Waals surface area contributed by atoms with E-state index in [1.165, 1.54) is 24.3 Å². The van der Waals surface area contributed by atoms with Gasteiger partial charge in [0.1, 0.15) is 24.4 Å². The topological polar surface area (TPSA) is 134 Å². The first-order chi connectivity index (χ1) is 10.8. The largest absolute Gasteiger partial charge is 0.394 e. The van der Waals surface area contributed by atoms with Crippen molar-refractivity contribution in [1.29, 1.82) is 0 Å². The summed E-state index contributed by atoms with van der Waals surface area (Å²) >= 11 is 0. The fourth-order valence-electron chi connectivity index (χ4n) is 2.06. The van der Waals surface area contributed by atoms with Gasteiger partial charge in [0.15, 0.2) is 6.29 Å². The summed E-state index contributed by atoms with van der Waals surface area (Å²) in [5.41, 5.74) is 0.614. The molecule has 1 unspecified atom stereocenters. The molecule has 4 N–H and O–H groups in total. The van der Waals surface area contributed by atoms with Gasteiger partial charge < -0.3 is 25.2 Å². The van der Waals surface area contributed by atoms with Gasteiger partial charge >= 0.3 is 0 Å². The molecule has 1 aliphatic heterocycles. The fourth-order valence-corrected chi connectivity index (χ4v) is 3.13. The van der Waals surface area contributed by atoms with Gasteiger partial charge in [0.25, 0.3) is 10.1 Å². The maximum Gasteiger partial charge on any atom is 0.297 e. The molecular formula is C13H18O8S. The lowest BCUT2D eigenvalue weighted by atomic mass is 10.1. The Balaban J connectivity index is 2.16. The molecule has 1 saturated heterocycles. The van der Waals surface area contributed by atoms with Crippen molar-refractivity contribution in [3.05, 3.63) is 29.8 Å². The SMILES string of the molecule is [2H]Cc1ccc(S(=O)(=O)O[C@H](CO)[C@H]2OC(O)[C@H](O)[C@H]2O)cc1. The second kappa shape index (κ2) is 6.59. The van der Waals surface area contributed by atoms with Gasteiger partial charge in [-0.1, -0.05) is 17.7 Å². The van der Waals surface area contributed by atoms with Gasteiger partial charge in [0.05, 0.1) is 11.5 Å². The van der Waals surface area contributed by atoms with Crippen LogP contribution in [0.2, 0.25) is 0 Å². The predicted molar refractivity (Wildman–Crippen MR) is 73.2 cm³/mol. The molecule has 0 bridgehead atoms. The van der Waals surface area contributed by atoms with Crippen LogP contribution in [0.3, 0.4) is 0 Å². The molecule has 8 nitrogen and oxygen atoms in total. The zero-order valence-corrected chi connectivity index (χ0v) is 12.3. The minimum Gasteiger partial charge on any atom is -0.394 e. The molecule has 0 radical (unpaired) electrons. The molecule has 1 aliphatic rings. The lowest BCUT2D eigenvalue weighted by Crippen LogP contribution is -2.43. The number of rotatable bonds is 5. The van der Waals surface area contributed by atoms with Gasteiger partial charge in [-0.2, -0.15) is 8.42 Å². The number of aryl methyl sites for hydroxylation is 1. The van der Waals surface area contributed by atoms with Crippen LogP contribution in [-0.2, 0) is 19.0 Å². The lowest BCUT2D eigenvalue weighted by Gasteiger charge is -2.23. The summed E-state index contributed by atoms with van der Waals surface area (Å²) in [6, 6.07) is 5.41. The van der Waals surface area contributed by atoms with Crippen molar-refractivity contribution in [3.63, 3.8) is 0 Å². The Kier molecular flexibility index (Phi) is 4.73. The summed E-state index contributed by atoms with van der Waals surface area (Å²) in [6.45, 7) is -0.816. The highest BCUT2D eigenvalue weighted by Crippen LogP contribution is 2.26. The number of hydrogen-bond donors (Lipinski definition) is 4. The third kappa shape index (κ3) is 3.46. The fraction of sp³-hybridized carbons (Fsp3) is 0.538. The Morgan fingerprint density at radius 1 is 1.27 bits per heavy atom. The van der Waals surface area contributed by atoms with Crippen molar-refractivity contribution in [2.24, 2.45) is 0 Å². The first-order valence-corrected chi connectivity index (χ1v) is 7.83. The number of aliphatic hydroxyl groups is 4. The molecule has 0 aromatic heterocycles. The third-order valence-electron chi connectivity index (χ3n) is 3.28. The van der Waals surface area contributed by atoms with E-state index in [9.17, 15) is 28.8 Å². The molecule has 0 aliphatic carbocycles. The Labute approximate surface area is 129 Å². The van der Waals surface area contributed by atoms with Crippen LogP contribution in [0.5, 0.6) is 0 Å². The summed E-state index contributed by atoms with van der Waals surface area (Å²) in [5.74, 6) is 0. The summed E-state index contributed by atoms with van der Waals surface area (Å²) < 4.78 is 41.3. The first-order valence-electron chi connectivity index (χ1n) is 7.13. The molecule has 124 valence electrons. The molecule has 22 heavy (non-hydrogen) atoms.